The van der Waals surface area contributed by atoms with Gasteiger partial charge in [0.15, 0.2) is 5.11 Å². The number of benzene rings is 2. The molecule has 32 heavy (non-hydrogen) atoms. The first-order valence-corrected chi connectivity index (χ1v) is 11.3. The molecule has 7 heteroatoms. The summed E-state index contributed by atoms with van der Waals surface area (Å²) in [7, 11) is 0. The van der Waals surface area contributed by atoms with Crippen LogP contribution in [-0.2, 0) is 9.59 Å². The highest BCUT2D eigenvalue weighted by atomic mass is 79.9. The summed E-state index contributed by atoms with van der Waals surface area (Å²) in [6, 6.07) is 15.7. The van der Waals surface area contributed by atoms with Crippen LogP contribution in [0.25, 0.3) is 11.8 Å². The molecule has 1 aliphatic heterocycles. The molecule has 162 valence electrons. The molecular weight excluding hydrogens is 486 g/mol. The second-order valence-corrected chi connectivity index (χ2v) is 9.16. The highest BCUT2D eigenvalue weighted by molar-refractivity contribution is 9.10. The van der Waals surface area contributed by atoms with Gasteiger partial charge in [-0.1, -0.05) is 18.2 Å². The molecule has 0 bridgehead atoms. The molecule has 0 spiro atoms. The third-order valence-corrected chi connectivity index (χ3v) is 6.39. The average molecular weight is 508 g/mol. The van der Waals surface area contributed by atoms with E-state index in [1.807, 2.05) is 76.2 Å². The van der Waals surface area contributed by atoms with Crippen LogP contribution < -0.4 is 10.2 Å². The largest absolute Gasteiger partial charge is 0.317 e. The maximum atomic E-state index is 13.4. The molecule has 0 atom stereocenters. The van der Waals surface area contributed by atoms with Gasteiger partial charge in [-0.3, -0.25) is 19.8 Å². The summed E-state index contributed by atoms with van der Waals surface area (Å²) in [6.45, 7) is 7.88. The van der Waals surface area contributed by atoms with Crippen molar-refractivity contribution in [2.75, 3.05) is 4.90 Å². The minimum Gasteiger partial charge on any atom is -0.317 e. The van der Waals surface area contributed by atoms with E-state index in [-0.39, 0.29) is 10.7 Å². The van der Waals surface area contributed by atoms with Crippen LogP contribution in [0.15, 0.2) is 58.6 Å². The number of rotatable bonds is 3. The van der Waals surface area contributed by atoms with E-state index in [9.17, 15) is 9.59 Å². The van der Waals surface area contributed by atoms with Crippen LogP contribution in [0.5, 0.6) is 0 Å². The Morgan fingerprint density at radius 3 is 2.28 bits per heavy atom. The Hall–Kier alpha value is -3.03. The van der Waals surface area contributed by atoms with Crippen molar-refractivity contribution in [2.45, 2.75) is 27.7 Å². The Labute approximate surface area is 200 Å². The quantitative estimate of drug-likeness (QED) is 0.297. The van der Waals surface area contributed by atoms with Gasteiger partial charge in [0.25, 0.3) is 11.8 Å². The number of anilines is 1. The summed E-state index contributed by atoms with van der Waals surface area (Å²) in [5.74, 6) is -0.930. The first kappa shape index (κ1) is 22.2. The summed E-state index contributed by atoms with van der Waals surface area (Å²) in [6.07, 6.45) is 1.64. The maximum absolute atomic E-state index is 13.4. The minimum atomic E-state index is -0.494. The van der Waals surface area contributed by atoms with Crippen LogP contribution >= 0.6 is 28.1 Å². The van der Waals surface area contributed by atoms with E-state index in [1.165, 1.54) is 4.90 Å². The number of nitrogens with zero attached hydrogens (tertiary/aromatic N) is 2. The van der Waals surface area contributed by atoms with E-state index < -0.39 is 11.8 Å². The van der Waals surface area contributed by atoms with Gasteiger partial charge < -0.3 is 4.57 Å². The number of para-hydroxylation sites is 1. The van der Waals surface area contributed by atoms with Crippen molar-refractivity contribution in [3.05, 3.63) is 86.7 Å². The Kier molecular flexibility index (Phi) is 5.88. The van der Waals surface area contributed by atoms with E-state index in [0.29, 0.717) is 5.69 Å². The molecule has 1 fully saturated rings. The molecular formula is C25H22BrN3O2S. The Morgan fingerprint density at radius 1 is 0.969 bits per heavy atom. The first-order chi connectivity index (χ1) is 15.2. The molecule has 1 aliphatic rings. The lowest BCUT2D eigenvalue weighted by Crippen LogP contribution is -2.54. The zero-order valence-electron chi connectivity index (χ0n) is 18.2. The fraction of sp³-hybridized carbons (Fsp3) is 0.160. The number of thiocarbonyl (C=S) groups is 1. The van der Waals surface area contributed by atoms with Gasteiger partial charge in [-0.2, -0.15) is 0 Å². The molecule has 2 amide bonds. The summed E-state index contributed by atoms with van der Waals surface area (Å²) in [5, 5.41) is 2.75. The Bertz CT molecular complexity index is 1300. The number of amides is 2. The summed E-state index contributed by atoms with van der Waals surface area (Å²) in [4.78, 5) is 27.5. The predicted octanol–water partition coefficient (Wildman–Crippen LogP) is 5.30. The molecule has 2 aromatic carbocycles. The van der Waals surface area contributed by atoms with E-state index in [2.05, 4.69) is 25.8 Å². The molecule has 0 aliphatic carbocycles. The molecule has 0 saturated carbocycles. The van der Waals surface area contributed by atoms with Gasteiger partial charge in [-0.15, -0.1) is 0 Å². The Morgan fingerprint density at radius 2 is 1.62 bits per heavy atom. The number of nitrogens with one attached hydrogen (secondary N) is 1. The van der Waals surface area contributed by atoms with Crippen LogP contribution in [0, 0.1) is 27.7 Å². The van der Waals surface area contributed by atoms with Gasteiger partial charge in [0.2, 0.25) is 0 Å². The van der Waals surface area contributed by atoms with Gasteiger partial charge in [-0.05, 0) is 109 Å². The molecule has 1 aromatic heterocycles. The normalized spacial score (nSPS) is 15.5. The molecule has 1 N–H and O–H groups in total. The second-order valence-electron chi connectivity index (χ2n) is 7.92. The lowest BCUT2D eigenvalue weighted by atomic mass is 10.1. The number of halogens is 1. The van der Waals surface area contributed by atoms with Crippen molar-refractivity contribution < 1.29 is 9.59 Å². The maximum Gasteiger partial charge on any atom is 0.270 e. The zero-order chi connectivity index (χ0) is 23.2. The van der Waals surface area contributed by atoms with E-state index in [4.69, 9.17) is 12.2 Å². The smallest absolute Gasteiger partial charge is 0.270 e. The van der Waals surface area contributed by atoms with Gasteiger partial charge in [-0.25, -0.2) is 0 Å². The second kappa shape index (κ2) is 8.48. The first-order valence-electron chi connectivity index (χ1n) is 10.1. The van der Waals surface area contributed by atoms with Crippen LogP contribution in [-0.4, -0.2) is 21.5 Å². The van der Waals surface area contributed by atoms with Crippen molar-refractivity contribution in [3.63, 3.8) is 0 Å². The summed E-state index contributed by atoms with van der Waals surface area (Å²) in [5.41, 5.74) is 6.41. The fourth-order valence-corrected chi connectivity index (χ4v) is 4.81. The summed E-state index contributed by atoms with van der Waals surface area (Å²) >= 11 is 8.94. The van der Waals surface area contributed by atoms with E-state index >= 15 is 0 Å². The van der Waals surface area contributed by atoms with Crippen LogP contribution in [0.2, 0.25) is 0 Å². The highest BCUT2D eigenvalue weighted by Gasteiger charge is 2.35. The molecule has 1 saturated heterocycles. The van der Waals surface area contributed by atoms with Crippen molar-refractivity contribution in [1.82, 2.24) is 9.88 Å². The summed E-state index contributed by atoms with van der Waals surface area (Å²) < 4.78 is 3.05. The lowest BCUT2D eigenvalue weighted by Gasteiger charge is -2.29. The van der Waals surface area contributed by atoms with Gasteiger partial charge in [0.05, 0.1) is 11.4 Å². The van der Waals surface area contributed by atoms with Crippen molar-refractivity contribution >= 4 is 56.8 Å². The molecule has 0 unspecified atom stereocenters. The molecule has 0 radical (unpaired) electrons. The van der Waals surface area contributed by atoms with Crippen LogP contribution in [0.4, 0.5) is 5.69 Å². The van der Waals surface area contributed by atoms with Crippen LogP contribution in [0.1, 0.15) is 28.1 Å². The third-order valence-electron chi connectivity index (χ3n) is 5.43. The zero-order valence-corrected chi connectivity index (χ0v) is 20.6. The molecule has 3 aromatic rings. The van der Waals surface area contributed by atoms with E-state index in [0.717, 1.165) is 38.2 Å². The SMILES string of the molecule is Cc1cc(C)cc(N2C(=O)/C(=C/c3cc(C)n(-c4ccccc4Br)c3C)C(=O)NC2=S)c1. The number of hydrogen-bond acceptors (Lipinski definition) is 3. The number of carbonyl (C=O) groups excluding carboxylic acids is 2. The number of aryl methyl sites for hydroxylation is 3. The van der Waals surface area contributed by atoms with Crippen molar-refractivity contribution in [1.29, 1.82) is 0 Å². The molecule has 2 heterocycles. The van der Waals surface area contributed by atoms with Crippen molar-refractivity contribution in [2.24, 2.45) is 0 Å². The number of hydrogen-bond donors (Lipinski definition) is 1. The topological polar surface area (TPSA) is 54.3 Å². The predicted molar refractivity (Wildman–Crippen MR) is 135 cm³/mol. The number of aromatic nitrogens is 1. The van der Waals surface area contributed by atoms with Gasteiger partial charge in [0, 0.05) is 15.9 Å². The Balaban J connectivity index is 1.79. The monoisotopic (exact) mass is 507 g/mol. The van der Waals surface area contributed by atoms with Gasteiger partial charge in [0.1, 0.15) is 5.57 Å². The van der Waals surface area contributed by atoms with Crippen molar-refractivity contribution in [3.8, 4) is 5.69 Å². The minimum absolute atomic E-state index is 0.0464. The third kappa shape index (κ3) is 3.94. The van der Waals surface area contributed by atoms with E-state index in [1.54, 1.807) is 6.08 Å². The number of carbonyl (C=O) groups is 2. The lowest BCUT2D eigenvalue weighted by molar-refractivity contribution is -0.122. The van der Waals surface area contributed by atoms with Crippen LogP contribution in [0.3, 0.4) is 0 Å². The highest BCUT2D eigenvalue weighted by Crippen LogP contribution is 2.29. The molecule has 4 rings (SSSR count). The fourth-order valence-electron chi connectivity index (χ4n) is 4.06. The van der Waals surface area contributed by atoms with Gasteiger partial charge >= 0.3 is 0 Å². The standard InChI is InChI=1S/C25H22BrN3O2S/c1-14-9-15(2)11-19(10-14)29-24(31)20(23(30)27-25(29)32)13-18-12-16(3)28(17(18)4)22-8-6-5-7-21(22)26/h5-13H,1-4H3,(H,27,30,32)/b20-13+. The molecule has 5 nitrogen and oxygen atoms in total. The average Bonchev–Trinajstić information content (AvgIpc) is 2.98.